The molecule has 3 heterocycles. The van der Waals surface area contributed by atoms with Crippen molar-refractivity contribution in [1.82, 2.24) is 9.13 Å². The van der Waals surface area contributed by atoms with Crippen LogP contribution in [0.1, 0.15) is 48.9 Å². The average Bonchev–Trinajstić information content (AvgIpc) is 3.95. The van der Waals surface area contributed by atoms with Gasteiger partial charge in [-0.3, -0.25) is 0 Å². The monoisotopic (exact) mass is 760 g/mol. The second-order valence-electron chi connectivity index (χ2n) is 16.0. The molecule has 1 atom stereocenters. The molecule has 3 aromatic heterocycles. The molecule has 0 aliphatic heterocycles. The minimum absolute atomic E-state index is 0.414. The first-order valence-electron chi connectivity index (χ1n) is 20.5. The number of nitrogens with zero attached hydrogens (tertiary/aromatic N) is 2. The summed E-state index contributed by atoms with van der Waals surface area (Å²) in [6, 6.07) is 56.8. The SMILES string of the molecule is CC1CC=Cc2c1n(-c1cccc(-c3ccccc3)c1)c1ccc(-c3ccc4c(c3)c3ccccc3n4-c3cccc4sc5ccc(C6=CC=CCC6)cc5c34)cc21. The van der Waals surface area contributed by atoms with Crippen LogP contribution in [0.3, 0.4) is 0 Å². The van der Waals surface area contributed by atoms with Crippen molar-refractivity contribution in [2.45, 2.75) is 32.1 Å². The molecule has 2 nitrogen and oxygen atoms in total. The van der Waals surface area contributed by atoms with E-state index < -0.39 is 0 Å². The Morgan fingerprint density at radius 1 is 0.534 bits per heavy atom. The Morgan fingerprint density at radius 3 is 2.12 bits per heavy atom. The van der Waals surface area contributed by atoms with Crippen LogP contribution < -0.4 is 0 Å². The van der Waals surface area contributed by atoms with E-state index >= 15 is 0 Å². The number of para-hydroxylation sites is 1. The van der Waals surface area contributed by atoms with Gasteiger partial charge in [0.05, 0.1) is 22.2 Å². The van der Waals surface area contributed by atoms with Gasteiger partial charge >= 0.3 is 0 Å². The van der Waals surface area contributed by atoms with Crippen LogP contribution in [0.4, 0.5) is 0 Å². The predicted molar refractivity (Wildman–Crippen MR) is 250 cm³/mol. The van der Waals surface area contributed by atoms with Gasteiger partial charge in [-0.25, -0.2) is 0 Å². The maximum absolute atomic E-state index is 2.52. The lowest BCUT2D eigenvalue weighted by Crippen LogP contribution is -2.07. The number of fused-ring (bicyclic) bond motifs is 9. The maximum atomic E-state index is 2.52. The molecular formula is C55H40N2S. The van der Waals surface area contributed by atoms with E-state index in [1.165, 1.54) is 109 Å². The molecule has 0 saturated carbocycles. The van der Waals surface area contributed by atoms with Gasteiger partial charge < -0.3 is 9.13 Å². The largest absolute Gasteiger partial charge is 0.313 e. The van der Waals surface area contributed by atoms with Gasteiger partial charge in [-0.15, -0.1) is 11.3 Å². The van der Waals surface area contributed by atoms with Crippen LogP contribution in [-0.4, -0.2) is 9.13 Å². The van der Waals surface area contributed by atoms with Crippen molar-refractivity contribution in [3.05, 3.63) is 193 Å². The fraction of sp³-hybridized carbons (Fsp3) is 0.0909. The minimum atomic E-state index is 0.414. The zero-order chi connectivity index (χ0) is 38.3. The number of benzene rings is 7. The molecule has 2 aliphatic rings. The summed E-state index contributed by atoms with van der Waals surface area (Å²) in [5.41, 5.74) is 16.6. The summed E-state index contributed by atoms with van der Waals surface area (Å²) < 4.78 is 7.68. The van der Waals surface area contributed by atoms with Crippen LogP contribution in [0.25, 0.3) is 98.2 Å². The maximum Gasteiger partial charge on any atom is 0.0555 e. The van der Waals surface area contributed by atoms with Gasteiger partial charge in [-0.2, -0.15) is 0 Å². The van der Waals surface area contributed by atoms with Gasteiger partial charge in [0.2, 0.25) is 0 Å². The van der Waals surface area contributed by atoms with Crippen molar-refractivity contribution in [3.8, 4) is 33.6 Å². The highest BCUT2D eigenvalue weighted by Gasteiger charge is 2.25. The van der Waals surface area contributed by atoms with E-state index in [4.69, 9.17) is 0 Å². The molecule has 3 heteroatoms. The molecule has 0 fully saturated rings. The molecular weight excluding hydrogens is 721 g/mol. The number of thiophene rings is 1. The Kier molecular flexibility index (Phi) is 7.61. The van der Waals surface area contributed by atoms with Gasteiger partial charge in [0.1, 0.15) is 0 Å². The fourth-order valence-electron chi connectivity index (χ4n) is 9.86. The van der Waals surface area contributed by atoms with Gasteiger partial charge in [0.25, 0.3) is 0 Å². The van der Waals surface area contributed by atoms with E-state index in [0.29, 0.717) is 5.92 Å². The van der Waals surface area contributed by atoms with E-state index in [1.54, 1.807) is 0 Å². The molecule has 0 radical (unpaired) electrons. The molecule has 0 spiro atoms. The third-order valence-electron chi connectivity index (χ3n) is 12.6. The highest BCUT2D eigenvalue weighted by atomic mass is 32.1. The van der Waals surface area contributed by atoms with Crippen LogP contribution >= 0.6 is 11.3 Å². The Hall–Kier alpha value is -6.68. The standard InChI is InChI=1S/C55H40N2S/c1-35-13-10-21-44-46-33-41(25-28-49(46)56(55(35)44)42-19-11-18-38(31-42)36-14-4-2-5-15-36)40-26-29-50-45(32-40)43-20-8-9-22-48(43)57(50)51-23-12-24-53-54(51)47-34-39(27-30-52(47)58-53)37-16-6-3-7-17-37/h2-6,8-12,14-16,18-35H,7,13,17H2,1H3. The van der Waals surface area contributed by atoms with Crippen molar-refractivity contribution in [2.75, 3.05) is 0 Å². The van der Waals surface area contributed by atoms with Crippen molar-refractivity contribution in [1.29, 1.82) is 0 Å². The summed E-state index contributed by atoms with van der Waals surface area (Å²) in [6.07, 6.45) is 14.7. The van der Waals surface area contributed by atoms with Crippen LogP contribution in [0.2, 0.25) is 0 Å². The van der Waals surface area contributed by atoms with Gasteiger partial charge in [-0.05, 0) is 119 Å². The molecule has 0 bridgehead atoms. The van der Waals surface area contributed by atoms with Gasteiger partial charge in [-0.1, -0.05) is 122 Å². The Labute approximate surface area is 341 Å². The van der Waals surface area contributed by atoms with Crippen LogP contribution in [0.15, 0.2) is 176 Å². The van der Waals surface area contributed by atoms with Gasteiger partial charge in [0.15, 0.2) is 0 Å². The zero-order valence-corrected chi connectivity index (χ0v) is 33.1. The first-order chi connectivity index (χ1) is 28.7. The van der Waals surface area contributed by atoms with Crippen molar-refractivity contribution < 1.29 is 0 Å². The molecule has 0 amide bonds. The van der Waals surface area contributed by atoms with E-state index in [0.717, 1.165) is 19.3 Å². The van der Waals surface area contributed by atoms with E-state index in [1.807, 2.05) is 11.3 Å². The van der Waals surface area contributed by atoms with E-state index in [9.17, 15) is 0 Å². The molecule has 276 valence electrons. The summed E-state index contributed by atoms with van der Waals surface area (Å²) in [5.74, 6) is 0.414. The Balaban J connectivity index is 1.02. The molecule has 58 heavy (non-hydrogen) atoms. The lowest BCUT2D eigenvalue weighted by Gasteiger charge is -2.20. The second kappa shape index (κ2) is 13.2. The summed E-state index contributed by atoms with van der Waals surface area (Å²) in [6.45, 7) is 2.37. The molecule has 0 saturated heterocycles. The molecule has 7 aromatic carbocycles. The summed E-state index contributed by atoms with van der Waals surface area (Å²) in [5, 5.41) is 6.52. The van der Waals surface area contributed by atoms with Crippen molar-refractivity contribution in [2.24, 2.45) is 0 Å². The topological polar surface area (TPSA) is 9.86 Å². The third kappa shape index (κ3) is 5.16. The smallest absolute Gasteiger partial charge is 0.0555 e. The molecule has 10 aromatic rings. The van der Waals surface area contributed by atoms with E-state index in [2.05, 4.69) is 198 Å². The zero-order valence-electron chi connectivity index (χ0n) is 32.3. The summed E-state index contributed by atoms with van der Waals surface area (Å²) in [7, 11) is 0. The quantitative estimate of drug-likeness (QED) is 0.165. The molecule has 0 N–H and O–H groups in total. The number of allylic oxidation sites excluding steroid dienone is 5. The number of aromatic nitrogens is 2. The fourth-order valence-corrected chi connectivity index (χ4v) is 11.0. The Morgan fingerprint density at radius 2 is 1.26 bits per heavy atom. The summed E-state index contributed by atoms with van der Waals surface area (Å²) in [4.78, 5) is 0. The van der Waals surface area contributed by atoms with Crippen molar-refractivity contribution >= 4 is 75.9 Å². The Bertz CT molecular complexity index is 3380. The lowest BCUT2D eigenvalue weighted by molar-refractivity contribution is 0.723. The second-order valence-corrected chi connectivity index (χ2v) is 17.1. The summed E-state index contributed by atoms with van der Waals surface area (Å²) >= 11 is 1.90. The minimum Gasteiger partial charge on any atom is -0.313 e. The first-order valence-corrected chi connectivity index (χ1v) is 21.4. The molecule has 2 aliphatic carbocycles. The number of hydrogen-bond acceptors (Lipinski definition) is 1. The van der Waals surface area contributed by atoms with E-state index in [-0.39, 0.29) is 0 Å². The average molecular weight is 761 g/mol. The molecule has 1 unspecified atom stereocenters. The van der Waals surface area contributed by atoms with Gasteiger partial charge in [0, 0.05) is 59.2 Å². The predicted octanol–water partition coefficient (Wildman–Crippen LogP) is 15.7. The van der Waals surface area contributed by atoms with Crippen molar-refractivity contribution in [3.63, 3.8) is 0 Å². The van der Waals surface area contributed by atoms with Crippen LogP contribution in [0, 0.1) is 0 Å². The number of rotatable bonds is 5. The van der Waals surface area contributed by atoms with Crippen LogP contribution in [0.5, 0.6) is 0 Å². The number of hydrogen-bond donors (Lipinski definition) is 0. The normalized spacial score (nSPS) is 15.3. The lowest BCUT2D eigenvalue weighted by atomic mass is 9.92. The third-order valence-corrected chi connectivity index (χ3v) is 13.7. The highest BCUT2D eigenvalue weighted by molar-refractivity contribution is 7.25. The highest BCUT2D eigenvalue weighted by Crippen LogP contribution is 2.44. The van der Waals surface area contributed by atoms with Crippen LogP contribution in [-0.2, 0) is 0 Å². The molecule has 12 rings (SSSR count). The first kappa shape index (κ1) is 33.5.